The maximum Gasteiger partial charge on any atom is 0.281 e. The molecule has 0 spiro atoms. The van der Waals surface area contributed by atoms with Gasteiger partial charge in [-0.05, 0) is 24.5 Å². The molecule has 1 aliphatic heterocycles. The van der Waals surface area contributed by atoms with Gasteiger partial charge in [-0.3, -0.25) is 19.7 Å². The highest BCUT2D eigenvalue weighted by atomic mass is 16.6. The zero-order valence-corrected chi connectivity index (χ0v) is 18.1. The number of carbonyl (C=O) groups is 1. The number of amides is 1. The quantitative estimate of drug-likeness (QED) is 0.357. The van der Waals surface area contributed by atoms with E-state index in [1.165, 1.54) is 18.2 Å². The fourth-order valence-corrected chi connectivity index (χ4v) is 4.23. The van der Waals surface area contributed by atoms with Crippen LogP contribution in [0.15, 0.2) is 59.4 Å². The molecule has 0 aliphatic carbocycles. The Labute approximate surface area is 193 Å². The van der Waals surface area contributed by atoms with E-state index in [0.717, 1.165) is 5.56 Å². The van der Waals surface area contributed by atoms with Gasteiger partial charge in [0.05, 0.1) is 11.5 Å². The van der Waals surface area contributed by atoms with Crippen molar-refractivity contribution in [2.75, 3.05) is 13.1 Å². The molecule has 0 radical (unpaired) electrons. The number of nitro benzene ring substituents is 1. The number of carbonyl (C=O) groups excluding carboxylic acids is 1. The summed E-state index contributed by atoms with van der Waals surface area (Å²) in [6, 6.07) is 15.5. The summed E-state index contributed by atoms with van der Waals surface area (Å²) in [6.07, 6.45) is 1.21. The molecule has 34 heavy (non-hydrogen) atoms. The van der Waals surface area contributed by atoms with Crippen molar-refractivity contribution in [1.29, 1.82) is 0 Å². The van der Waals surface area contributed by atoms with Gasteiger partial charge in [-0.15, -0.1) is 5.10 Å². The van der Waals surface area contributed by atoms with Gasteiger partial charge in [-0.25, -0.2) is 9.67 Å². The van der Waals surface area contributed by atoms with Crippen molar-refractivity contribution in [2.24, 2.45) is 0 Å². The van der Waals surface area contributed by atoms with Gasteiger partial charge in [0, 0.05) is 36.7 Å². The first-order chi connectivity index (χ1) is 16.5. The molecule has 1 amide bonds. The molecule has 1 aliphatic rings. The second-order valence-corrected chi connectivity index (χ2v) is 8.23. The lowest BCUT2D eigenvalue weighted by atomic mass is 9.95. The highest BCUT2D eigenvalue weighted by Crippen LogP contribution is 2.27. The molecule has 1 N–H and O–H groups in total. The first-order valence-corrected chi connectivity index (χ1v) is 10.9. The third-order valence-electron chi connectivity index (χ3n) is 6.04. The maximum absolute atomic E-state index is 12.8. The molecule has 3 heterocycles. The van der Waals surface area contributed by atoms with Crippen molar-refractivity contribution in [3.05, 3.63) is 92.0 Å². The Balaban J connectivity index is 1.33. The van der Waals surface area contributed by atoms with Crippen LogP contribution in [0.5, 0.6) is 0 Å². The van der Waals surface area contributed by atoms with Gasteiger partial charge < -0.3 is 9.88 Å². The zero-order chi connectivity index (χ0) is 23.7. The molecule has 11 heteroatoms. The van der Waals surface area contributed by atoms with E-state index in [4.69, 9.17) is 0 Å². The Bertz CT molecular complexity index is 1420. The summed E-state index contributed by atoms with van der Waals surface area (Å²) in [7, 11) is 0. The van der Waals surface area contributed by atoms with E-state index in [1.54, 1.807) is 15.6 Å². The summed E-state index contributed by atoms with van der Waals surface area (Å²) >= 11 is 0. The molecule has 4 aromatic rings. The Morgan fingerprint density at radius 3 is 2.62 bits per heavy atom. The number of piperidine rings is 1. The molecule has 1 saturated heterocycles. The Hall–Kier alpha value is -4.41. The molecule has 0 saturated carbocycles. The highest BCUT2D eigenvalue weighted by Gasteiger charge is 2.27. The number of aromatic nitrogens is 5. The second kappa shape index (κ2) is 8.85. The van der Waals surface area contributed by atoms with Crippen molar-refractivity contribution in [1.82, 2.24) is 29.9 Å². The van der Waals surface area contributed by atoms with Crippen molar-refractivity contribution in [3.8, 4) is 0 Å². The van der Waals surface area contributed by atoms with Crippen LogP contribution >= 0.6 is 0 Å². The van der Waals surface area contributed by atoms with Gasteiger partial charge in [0.1, 0.15) is 5.82 Å². The van der Waals surface area contributed by atoms with Crippen molar-refractivity contribution < 1.29 is 9.72 Å². The van der Waals surface area contributed by atoms with E-state index in [0.29, 0.717) is 43.9 Å². The first kappa shape index (κ1) is 21.4. The fourth-order valence-electron chi connectivity index (χ4n) is 4.23. The minimum absolute atomic E-state index is 0.0358. The lowest BCUT2D eigenvalue weighted by Gasteiger charge is -2.31. The van der Waals surface area contributed by atoms with Crippen LogP contribution in [0.25, 0.3) is 11.2 Å². The number of hydrogen-bond donors (Lipinski definition) is 1. The predicted octanol–water partition coefficient (Wildman–Crippen LogP) is 2.49. The van der Waals surface area contributed by atoms with E-state index in [2.05, 4.69) is 20.3 Å². The number of hydrogen-bond acceptors (Lipinski definition) is 7. The smallest absolute Gasteiger partial charge is 0.281 e. The number of non-ortho nitro benzene ring substituents is 1. The number of nitrogens with one attached hydrogen (secondary N) is 1. The molecule has 2 aromatic heterocycles. The minimum Gasteiger partial charge on any atom is -0.339 e. The normalized spacial score (nSPS) is 14.4. The molecule has 11 nitrogen and oxygen atoms in total. The standard InChI is InChI=1S/C23H21N7O4/c31-22-19-21(29(27-26-19)14-15-5-2-1-3-6-15)24-20(25-22)16-9-11-28(12-10-16)23(32)17-7-4-8-18(13-17)30(33)34/h1-8,13,16H,9-12,14H2,(H,24,25,31). The summed E-state index contributed by atoms with van der Waals surface area (Å²) in [6.45, 7) is 1.36. The first-order valence-electron chi connectivity index (χ1n) is 10.9. The monoisotopic (exact) mass is 459 g/mol. The molecule has 2 aromatic carbocycles. The van der Waals surface area contributed by atoms with Crippen LogP contribution in [0.1, 0.15) is 40.5 Å². The van der Waals surface area contributed by atoms with E-state index in [9.17, 15) is 19.7 Å². The van der Waals surface area contributed by atoms with Crippen molar-refractivity contribution in [2.45, 2.75) is 25.3 Å². The summed E-state index contributed by atoms with van der Waals surface area (Å²) in [5.41, 5.74) is 1.48. The Morgan fingerprint density at radius 1 is 1.12 bits per heavy atom. The molecule has 0 bridgehead atoms. The Morgan fingerprint density at radius 2 is 1.88 bits per heavy atom. The average Bonchev–Trinajstić information content (AvgIpc) is 3.27. The van der Waals surface area contributed by atoms with Crippen LogP contribution in [0.2, 0.25) is 0 Å². The number of nitrogens with zero attached hydrogens (tertiary/aromatic N) is 6. The summed E-state index contributed by atoms with van der Waals surface area (Å²) in [5.74, 6) is 0.270. The average molecular weight is 459 g/mol. The highest BCUT2D eigenvalue weighted by molar-refractivity contribution is 5.94. The number of fused-ring (bicyclic) bond motifs is 1. The van der Waals surface area contributed by atoms with E-state index < -0.39 is 4.92 Å². The molecule has 172 valence electrons. The SMILES string of the molecule is O=C(c1cccc([N+](=O)[O-])c1)N1CCC(c2nc3c(nnn3Cc3ccccc3)c(=O)[nH]2)CC1. The molecule has 5 rings (SSSR count). The van der Waals surface area contributed by atoms with Crippen LogP contribution < -0.4 is 5.56 Å². The predicted molar refractivity (Wildman–Crippen MR) is 122 cm³/mol. The number of aromatic amines is 1. The number of H-pyrrole nitrogens is 1. The largest absolute Gasteiger partial charge is 0.339 e. The number of benzene rings is 2. The van der Waals surface area contributed by atoms with Gasteiger partial charge in [0.15, 0.2) is 11.2 Å². The number of nitro groups is 1. The van der Waals surface area contributed by atoms with Crippen LogP contribution in [-0.2, 0) is 6.54 Å². The second-order valence-electron chi connectivity index (χ2n) is 8.23. The van der Waals surface area contributed by atoms with Crippen molar-refractivity contribution in [3.63, 3.8) is 0 Å². The third-order valence-corrected chi connectivity index (χ3v) is 6.04. The molecule has 0 unspecified atom stereocenters. The molecular weight excluding hydrogens is 438 g/mol. The third kappa shape index (κ3) is 4.15. The van der Waals surface area contributed by atoms with E-state index in [1.807, 2.05) is 30.3 Å². The molecule has 0 atom stereocenters. The minimum atomic E-state index is -0.515. The van der Waals surface area contributed by atoms with Gasteiger partial charge >= 0.3 is 0 Å². The number of likely N-dealkylation sites (tertiary alicyclic amines) is 1. The van der Waals surface area contributed by atoms with E-state index in [-0.39, 0.29) is 34.2 Å². The van der Waals surface area contributed by atoms with Gasteiger partial charge in [-0.2, -0.15) is 0 Å². The van der Waals surface area contributed by atoms with Crippen LogP contribution in [0.4, 0.5) is 5.69 Å². The summed E-state index contributed by atoms with van der Waals surface area (Å²) < 4.78 is 1.62. The van der Waals surface area contributed by atoms with Crippen molar-refractivity contribution >= 4 is 22.8 Å². The topological polar surface area (TPSA) is 140 Å². The van der Waals surface area contributed by atoms with Crippen LogP contribution in [0.3, 0.4) is 0 Å². The lowest BCUT2D eigenvalue weighted by molar-refractivity contribution is -0.384. The fraction of sp³-hybridized carbons (Fsp3) is 0.261. The zero-order valence-electron chi connectivity index (χ0n) is 18.1. The van der Waals surface area contributed by atoms with E-state index >= 15 is 0 Å². The molecule has 1 fully saturated rings. The summed E-state index contributed by atoms with van der Waals surface area (Å²) in [4.78, 5) is 45.1. The number of rotatable bonds is 5. The Kier molecular flexibility index (Phi) is 5.58. The van der Waals surface area contributed by atoms with Gasteiger partial charge in [0.25, 0.3) is 17.2 Å². The van der Waals surface area contributed by atoms with Gasteiger partial charge in [0.2, 0.25) is 0 Å². The molecular formula is C23H21N7O4. The van der Waals surface area contributed by atoms with Crippen LogP contribution in [-0.4, -0.2) is 53.8 Å². The maximum atomic E-state index is 12.8. The summed E-state index contributed by atoms with van der Waals surface area (Å²) in [5, 5.41) is 19.1. The van der Waals surface area contributed by atoms with Crippen LogP contribution in [0, 0.1) is 10.1 Å². The lowest BCUT2D eigenvalue weighted by Crippen LogP contribution is -2.38. The van der Waals surface area contributed by atoms with Gasteiger partial charge in [-0.1, -0.05) is 41.6 Å².